The van der Waals surface area contributed by atoms with E-state index in [4.69, 9.17) is 14.9 Å². The fraction of sp³-hybridized carbons (Fsp3) is 0.167. The van der Waals surface area contributed by atoms with Gasteiger partial charge in [0.1, 0.15) is 11.5 Å². The number of hydrogen-bond acceptors (Lipinski definition) is 3. The molecule has 2 N–H and O–H groups in total. The summed E-state index contributed by atoms with van der Waals surface area (Å²) >= 11 is 3.37. The van der Waals surface area contributed by atoms with Crippen molar-refractivity contribution in [2.45, 2.75) is 6.10 Å². The van der Waals surface area contributed by atoms with Crippen LogP contribution in [0.4, 0.5) is 0 Å². The maximum atomic E-state index is 5.72. The van der Waals surface area contributed by atoms with Crippen LogP contribution in [0, 0.1) is 0 Å². The third-order valence-corrected chi connectivity index (χ3v) is 2.70. The summed E-state index contributed by atoms with van der Waals surface area (Å²) in [6.07, 6.45) is 1.37. The Kier molecular flexibility index (Phi) is 3.64. The van der Waals surface area contributed by atoms with Gasteiger partial charge in [-0.3, -0.25) is 0 Å². The minimum atomic E-state index is -0.240. The van der Waals surface area contributed by atoms with E-state index < -0.39 is 0 Å². The molecule has 1 aromatic heterocycles. The minimum absolute atomic E-state index is 0.240. The van der Waals surface area contributed by atoms with Gasteiger partial charge in [0, 0.05) is 11.0 Å². The first-order chi connectivity index (χ1) is 7.79. The second kappa shape index (κ2) is 5.18. The molecule has 0 radical (unpaired) electrons. The van der Waals surface area contributed by atoms with Crippen molar-refractivity contribution in [3.63, 3.8) is 0 Å². The molecule has 1 unspecified atom stereocenters. The molecular weight excluding hydrogens is 270 g/mol. The van der Waals surface area contributed by atoms with Crippen molar-refractivity contribution in [3.05, 3.63) is 52.9 Å². The van der Waals surface area contributed by atoms with E-state index >= 15 is 0 Å². The van der Waals surface area contributed by atoms with Gasteiger partial charge in [-0.1, -0.05) is 15.9 Å². The van der Waals surface area contributed by atoms with E-state index in [1.165, 1.54) is 0 Å². The number of nitrogens with two attached hydrogens (primary N) is 1. The van der Waals surface area contributed by atoms with E-state index in [0.717, 1.165) is 16.0 Å². The predicted molar refractivity (Wildman–Crippen MR) is 65.3 cm³/mol. The average Bonchev–Trinajstić information content (AvgIpc) is 2.82. The lowest BCUT2D eigenvalue weighted by atomic mass is 10.2. The van der Waals surface area contributed by atoms with Gasteiger partial charge >= 0.3 is 0 Å². The molecule has 1 aromatic carbocycles. The smallest absolute Gasteiger partial charge is 0.168 e. The maximum Gasteiger partial charge on any atom is 0.168 e. The molecule has 0 fully saturated rings. The maximum absolute atomic E-state index is 5.72. The molecule has 0 saturated carbocycles. The molecular formula is C12H12BrNO2. The molecule has 2 aromatic rings. The normalized spacial score (nSPS) is 12.4. The van der Waals surface area contributed by atoms with Gasteiger partial charge in [-0.25, -0.2) is 0 Å². The summed E-state index contributed by atoms with van der Waals surface area (Å²) in [4.78, 5) is 0. The second-order valence-corrected chi connectivity index (χ2v) is 4.23. The molecule has 2 rings (SSSR count). The summed E-state index contributed by atoms with van der Waals surface area (Å²) in [5.74, 6) is 1.51. The summed E-state index contributed by atoms with van der Waals surface area (Å²) in [6, 6.07) is 11.3. The molecule has 1 atom stereocenters. The first-order valence-corrected chi connectivity index (χ1v) is 5.74. The molecule has 0 bridgehead atoms. The number of furan rings is 1. The Bertz CT molecular complexity index is 425. The molecule has 0 saturated heterocycles. The van der Waals surface area contributed by atoms with Crippen LogP contribution < -0.4 is 10.5 Å². The molecule has 84 valence electrons. The highest BCUT2D eigenvalue weighted by atomic mass is 79.9. The van der Waals surface area contributed by atoms with Crippen LogP contribution in [0.25, 0.3) is 0 Å². The van der Waals surface area contributed by atoms with Gasteiger partial charge in [0.2, 0.25) is 0 Å². The van der Waals surface area contributed by atoms with Gasteiger partial charge in [-0.05, 0) is 36.4 Å². The third kappa shape index (κ3) is 2.65. The van der Waals surface area contributed by atoms with Crippen molar-refractivity contribution in [3.8, 4) is 5.75 Å². The van der Waals surface area contributed by atoms with Crippen molar-refractivity contribution in [2.24, 2.45) is 5.73 Å². The first-order valence-electron chi connectivity index (χ1n) is 4.95. The van der Waals surface area contributed by atoms with Crippen LogP contribution in [0.3, 0.4) is 0 Å². The predicted octanol–water partition coefficient (Wildman–Crippen LogP) is 3.12. The van der Waals surface area contributed by atoms with E-state index in [9.17, 15) is 0 Å². The SMILES string of the molecule is NCC(Oc1ccc(Br)cc1)c1ccco1. The molecule has 0 aliphatic rings. The first kappa shape index (κ1) is 11.2. The lowest BCUT2D eigenvalue weighted by Gasteiger charge is -2.15. The Balaban J connectivity index is 2.10. The van der Waals surface area contributed by atoms with Gasteiger partial charge in [-0.2, -0.15) is 0 Å². The summed E-state index contributed by atoms with van der Waals surface area (Å²) in [5.41, 5.74) is 5.65. The Morgan fingerprint density at radius 1 is 1.25 bits per heavy atom. The average molecular weight is 282 g/mol. The van der Waals surface area contributed by atoms with E-state index in [0.29, 0.717) is 6.54 Å². The zero-order valence-electron chi connectivity index (χ0n) is 8.60. The molecule has 0 spiro atoms. The Labute approximate surface area is 102 Å². The highest BCUT2D eigenvalue weighted by Gasteiger charge is 2.13. The van der Waals surface area contributed by atoms with Crippen molar-refractivity contribution < 1.29 is 9.15 Å². The fourth-order valence-electron chi connectivity index (χ4n) is 1.37. The van der Waals surface area contributed by atoms with E-state index in [1.54, 1.807) is 6.26 Å². The van der Waals surface area contributed by atoms with Crippen molar-refractivity contribution in [2.75, 3.05) is 6.54 Å². The molecule has 1 heterocycles. The minimum Gasteiger partial charge on any atom is -0.481 e. The second-order valence-electron chi connectivity index (χ2n) is 3.31. The number of ether oxygens (including phenoxy) is 1. The van der Waals surface area contributed by atoms with Crippen LogP contribution in [0.5, 0.6) is 5.75 Å². The summed E-state index contributed by atoms with van der Waals surface area (Å²) in [7, 11) is 0. The molecule has 0 aliphatic heterocycles. The zero-order chi connectivity index (χ0) is 11.4. The summed E-state index contributed by atoms with van der Waals surface area (Å²) < 4.78 is 12.0. The van der Waals surface area contributed by atoms with Gasteiger partial charge in [-0.15, -0.1) is 0 Å². The van der Waals surface area contributed by atoms with Gasteiger partial charge in [0.25, 0.3) is 0 Å². The van der Waals surface area contributed by atoms with Crippen molar-refractivity contribution in [1.29, 1.82) is 0 Å². The third-order valence-electron chi connectivity index (χ3n) is 2.17. The van der Waals surface area contributed by atoms with Crippen LogP contribution in [-0.2, 0) is 0 Å². The zero-order valence-corrected chi connectivity index (χ0v) is 10.2. The molecule has 16 heavy (non-hydrogen) atoms. The highest BCUT2D eigenvalue weighted by molar-refractivity contribution is 9.10. The quantitative estimate of drug-likeness (QED) is 0.937. The van der Waals surface area contributed by atoms with Crippen LogP contribution in [0.1, 0.15) is 11.9 Å². The topological polar surface area (TPSA) is 48.4 Å². The van der Waals surface area contributed by atoms with E-state index in [2.05, 4.69) is 15.9 Å². The fourth-order valence-corrected chi connectivity index (χ4v) is 1.64. The van der Waals surface area contributed by atoms with Crippen molar-refractivity contribution >= 4 is 15.9 Å². The van der Waals surface area contributed by atoms with Crippen LogP contribution in [-0.4, -0.2) is 6.54 Å². The lowest BCUT2D eigenvalue weighted by Crippen LogP contribution is -2.17. The summed E-state index contributed by atoms with van der Waals surface area (Å²) in [5, 5.41) is 0. The Hall–Kier alpha value is -1.26. The van der Waals surface area contributed by atoms with Crippen LogP contribution in [0.2, 0.25) is 0 Å². The lowest BCUT2D eigenvalue weighted by molar-refractivity contribution is 0.184. The number of rotatable bonds is 4. The largest absolute Gasteiger partial charge is 0.481 e. The molecule has 0 amide bonds. The standard InChI is InChI=1S/C12H12BrNO2/c13-9-3-5-10(6-4-9)16-12(8-14)11-2-1-7-15-11/h1-7,12H,8,14H2. The molecule has 0 aliphatic carbocycles. The Morgan fingerprint density at radius 3 is 2.56 bits per heavy atom. The number of benzene rings is 1. The van der Waals surface area contributed by atoms with Gasteiger partial charge in [0.15, 0.2) is 6.10 Å². The number of halogens is 1. The van der Waals surface area contributed by atoms with Gasteiger partial charge < -0.3 is 14.9 Å². The summed E-state index contributed by atoms with van der Waals surface area (Å²) in [6.45, 7) is 0.379. The monoisotopic (exact) mass is 281 g/mol. The Morgan fingerprint density at radius 2 is 2.00 bits per heavy atom. The van der Waals surface area contributed by atoms with Crippen LogP contribution >= 0.6 is 15.9 Å². The van der Waals surface area contributed by atoms with E-state index in [1.807, 2.05) is 36.4 Å². The van der Waals surface area contributed by atoms with Crippen molar-refractivity contribution in [1.82, 2.24) is 0 Å². The highest BCUT2D eigenvalue weighted by Crippen LogP contribution is 2.23. The van der Waals surface area contributed by atoms with E-state index in [-0.39, 0.29) is 6.10 Å². The van der Waals surface area contributed by atoms with Crippen LogP contribution in [0.15, 0.2) is 51.6 Å². The molecule has 4 heteroatoms. The number of hydrogen-bond donors (Lipinski definition) is 1. The molecule has 3 nitrogen and oxygen atoms in total. The van der Waals surface area contributed by atoms with Gasteiger partial charge in [0.05, 0.1) is 6.26 Å².